The second-order valence-corrected chi connectivity index (χ2v) is 4.32. The van der Waals surface area contributed by atoms with Crippen molar-refractivity contribution >= 4 is 5.69 Å². The van der Waals surface area contributed by atoms with Gasteiger partial charge in [0.1, 0.15) is 0 Å². The van der Waals surface area contributed by atoms with Gasteiger partial charge in [-0.25, -0.2) is 0 Å². The Morgan fingerprint density at radius 3 is 2.44 bits per heavy atom. The number of hydrogen-bond donors (Lipinski definition) is 1. The number of benzene rings is 1. The molecule has 0 aliphatic rings. The van der Waals surface area contributed by atoms with Crippen LogP contribution in [0.15, 0.2) is 36.4 Å². The molecule has 0 fully saturated rings. The van der Waals surface area contributed by atoms with Crippen LogP contribution in [0.5, 0.6) is 0 Å². The van der Waals surface area contributed by atoms with Gasteiger partial charge in [-0.1, -0.05) is 31.2 Å². The van der Waals surface area contributed by atoms with Gasteiger partial charge in [-0.05, 0) is 37.6 Å². The molecule has 0 spiro atoms. The number of rotatable bonds is 6. The Kier molecular flexibility index (Phi) is 5.06. The van der Waals surface area contributed by atoms with Gasteiger partial charge in [0.2, 0.25) is 0 Å². The van der Waals surface area contributed by atoms with Crippen LogP contribution in [-0.4, -0.2) is 24.5 Å². The van der Waals surface area contributed by atoms with E-state index in [1.807, 2.05) is 12.1 Å². The smallest absolute Gasteiger partial charge is 0.0314 e. The summed E-state index contributed by atoms with van der Waals surface area (Å²) >= 11 is 0. The summed E-state index contributed by atoms with van der Waals surface area (Å²) in [6, 6.07) is 8.13. The van der Waals surface area contributed by atoms with Gasteiger partial charge in [0, 0.05) is 18.8 Å². The number of likely N-dealkylation sites (N-methyl/N-ethyl adjacent to an activating group) is 1. The van der Waals surface area contributed by atoms with E-state index < -0.39 is 0 Å². The lowest BCUT2D eigenvalue weighted by Crippen LogP contribution is -2.27. The first-order chi connectivity index (χ1) is 7.61. The van der Waals surface area contributed by atoms with E-state index in [4.69, 9.17) is 5.73 Å². The van der Waals surface area contributed by atoms with Crippen LogP contribution >= 0.6 is 0 Å². The molecule has 16 heavy (non-hydrogen) atoms. The number of nitrogens with zero attached hydrogens (tertiary/aromatic N) is 1. The molecular weight excluding hydrogens is 196 g/mol. The molecule has 2 heteroatoms. The molecule has 1 rings (SSSR count). The van der Waals surface area contributed by atoms with Crippen molar-refractivity contribution in [2.75, 3.05) is 25.4 Å². The van der Waals surface area contributed by atoms with Crippen LogP contribution in [0.3, 0.4) is 0 Å². The maximum atomic E-state index is 5.65. The Balaban J connectivity index is 2.43. The van der Waals surface area contributed by atoms with Crippen LogP contribution in [0.1, 0.15) is 19.4 Å². The van der Waals surface area contributed by atoms with E-state index in [1.54, 1.807) is 0 Å². The second kappa shape index (κ2) is 6.33. The normalized spacial score (nSPS) is 10.7. The van der Waals surface area contributed by atoms with E-state index in [2.05, 4.69) is 37.5 Å². The molecule has 0 saturated heterocycles. The average molecular weight is 218 g/mol. The zero-order valence-corrected chi connectivity index (χ0v) is 10.4. The molecule has 1 aromatic rings. The van der Waals surface area contributed by atoms with Crippen LogP contribution < -0.4 is 5.73 Å². The van der Waals surface area contributed by atoms with Crippen molar-refractivity contribution in [3.05, 3.63) is 42.0 Å². The van der Waals surface area contributed by atoms with Gasteiger partial charge in [0.25, 0.3) is 0 Å². The summed E-state index contributed by atoms with van der Waals surface area (Å²) in [6.45, 7) is 11.4. The molecule has 0 bridgehead atoms. The fraction of sp³-hybridized carbons (Fsp3) is 0.429. The van der Waals surface area contributed by atoms with Crippen molar-refractivity contribution < 1.29 is 0 Å². The van der Waals surface area contributed by atoms with Gasteiger partial charge in [-0.2, -0.15) is 0 Å². The minimum atomic E-state index is 0.832. The van der Waals surface area contributed by atoms with Crippen molar-refractivity contribution in [2.24, 2.45) is 0 Å². The Morgan fingerprint density at radius 2 is 1.94 bits per heavy atom. The Labute approximate surface area is 98.8 Å². The minimum Gasteiger partial charge on any atom is -0.399 e. The van der Waals surface area contributed by atoms with Gasteiger partial charge in [-0.15, -0.1) is 0 Å². The highest BCUT2D eigenvalue weighted by atomic mass is 15.1. The zero-order chi connectivity index (χ0) is 12.0. The van der Waals surface area contributed by atoms with Gasteiger partial charge < -0.3 is 5.73 Å². The molecule has 2 N–H and O–H groups in total. The maximum Gasteiger partial charge on any atom is 0.0314 e. The largest absolute Gasteiger partial charge is 0.399 e. The Bertz CT molecular complexity index is 327. The van der Waals surface area contributed by atoms with Gasteiger partial charge in [0.05, 0.1) is 0 Å². The van der Waals surface area contributed by atoms with E-state index in [0.29, 0.717) is 0 Å². The van der Waals surface area contributed by atoms with Gasteiger partial charge >= 0.3 is 0 Å². The molecule has 0 atom stereocenters. The molecular formula is C14H22N2. The SMILES string of the molecule is C=C(C)CN(CC)CCc1ccc(N)cc1. The highest BCUT2D eigenvalue weighted by molar-refractivity contribution is 5.39. The lowest BCUT2D eigenvalue weighted by Gasteiger charge is -2.20. The van der Waals surface area contributed by atoms with Crippen molar-refractivity contribution in [2.45, 2.75) is 20.3 Å². The van der Waals surface area contributed by atoms with E-state index in [0.717, 1.165) is 31.7 Å². The fourth-order valence-electron chi connectivity index (χ4n) is 1.70. The molecule has 1 aromatic carbocycles. The number of nitrogens with two attached hydrogens (primary N) is 1. The molecule has 0 radical (unpaired) electrons. The van der Waals surface area contributed by atoms with Crippen molar-refractivity contribution in [1.29, 1.82) is 0 Å². The minimum absolute atomic E-state index is 0.832. The molecule has 2 nitrogen and oxygen atoms in total. The first-order valence-electron chi connectivity index (χ1n) is 5.83. The Morgan fingerprint density at radius 1 is 1.31 bits per heavy atom. The molecule has 0 amide bonds. The zero-order valence-electron chi connectivity index (χ0n) is 10.4. The highest BCUT2D eigenvalue weighted by Gasteiger charge is 2.02. The second-order valence-electron chi connectivity index (χ2n) is 4.32. The molecule has 0 saturated carbocycles. The Hall–Kier alpha value is -1.28. The number of anilines is 1. The van der Waals surface area contributed by atoms with Crippen LogP contribution in [0.4, 0.5) is 5.69 Å². The fourth-order valence-corrected chi connectivity index (χ4v) is 1.70. The van der Waals surface area contributed by atoms with E-state index in [1.165, 1.54) is 11.1 Å². The molecule has 0 aliphatic carbocycles. The predicted molar refractivity (Wildman–Crippen MR) is 71.5 cm³/mol. The standard InChI is InChI=1S/C14H22N2/c1-4-16(11-12(2)3)10-9-13-5-7-14(15)8-6-13/h5-8H,2,4,9-11,15H2,1,3H3. The van der Waals surface area contributed by atoms with Gasteiger partial charge in [-0.3, -0.25) is 4.90 Å². The first-order valence-corrected chi connectivity index (χ1v) is 5.83. The predicted octanol–water partition coefficient (Wildman–Crippen LogP) is 2.71. The number of nitrogen functional groups attached to an aromatic ring is 1. The summed E-state index contributed by atoms with van der Waals surface area (Å²) in [5.41, 5.74) is 9.05. The third-order valence-electron chi connectivity index (χ3n) is 2.64. The summed E-state index contributed by atoms with van der Waals surface area (Å²) in [5, 5.41) is 0. The quantitative estimate of drug-likeness (QED) is 0.587. The molecule has 0 aliphatic heterocycles. The summed E-state index contributed by atoms with van der Waals surface area (Å²) < 4.78 is 0. The average Bonchev–Trinajstić information content (AvgIpc) is 2.26. The lowest BCUT2D eigenvalue weighted by molar-refractivity contribution is 0.316. The third-order valence-corrected chi connectivity index (χ3v) is 2.64. The van der Waals surface area contributed by atoms with E-state index in [9.17, 15) is 0 Å². The van der Waals surface area contributed by atoms with Crippen molar-refractivity contribution in [3.8, 4) is 0 Å². The number of hydrogen-bond acceptors (Lipinski definition) is 2. The third kappa shape index (κ3) is 4.49. The molecule has 88 valence electrons. The summed E-state index contributed by atoms with van der Waals surface area (Å²) in [7, 11) is 0. The maximum absolute atomic E-state index is 5.65. The summed E-state index contributed by atoms with van der Waals surface area (Å²) in [6.07, 6.45) is 1.07. The molecule has 0 aromatic heterocycles. The molecule has 0 unspecified atom stereocenters. The monoisotopic (exact) mass is 218 g/mol. The van der Waals surface area contributed by atoms with Gasteiger partial charge in [0.15, 0.2) is 0 Å². The van der Waals surface area contributed by atoms with Crippen LogP contribution in [0, 0.1) is 0 Å². The summed E-state index contributed by atoms with van der Waals surface area (Å²) in [5.74, 6) is 0. The van der Waals surface area contributed by atoms with Crippen molar-refractivity contribution in [3.63, 3.8) is 0 Å². The topological polar surface area (TPSA) is 29.3 Å². The highest BCUT2D eigenvalue weighted by Crippen LogP contribution is 2.07. The van der Waals surface area contributed by atoms with Crippen LogP contribution in [0.25, 0.3) is 0 Å². The summed E-state index contributed by atoms with van der Waals surface area (Å²) in [4.78, 5) is 2.40. The lowest BCUT2D eigenvalue weighted by atomic mass is 10.1. The van der Waals surface area contributed by atoms with Crippen LogP contribution in [-0.2, 0) is 6.42 Å². The van der Waals surface area contributed by atoms with Crippen molar-refractivity contribution in [1.82, 2.24) is 4.90 Å². The van der Waals surface area contributed by atoms with Crippen LogP contribution in [0.2, 0.25) is 0 Å². The van der Waals surface area contributed by atoms with E-state index in [-0.39, 0.29) is 0 Å². The molecule has 0 heterocycles. The first kappa shape index (κ1) is 12.8. The van der Waals surface area contributed by atoms with E-state index >= 15 is 0 Å².